The summed E-state index contributed by atoms with van der Waals surface area (Å²) in [5, 5.41) is 11.9. The van der Waals surface area contributed by atoms with Crippen molar-refractivity contribution in [3.63, 3.8) is 0 Å². The Morgan fingerprint density at radius 3 is 1.94 bits per heavy atom. The van der Waals surface area contributed by atoms with Crippen molar-refractivity contribution in [2.75, 3.05) is 0 Å². The maximum absolute atomic E-state index is 14.8. The van der Waals surface area contributed by atoms with E-state index < -0.39 is 23.3 Å². The Morgan fingerprint density at radius 1 is 0.875 bits per heavy atom. The minimum Gasteiger partial charge on any atom is -0.461 e. The Balaban J connectivity index is 2.17. The maximum Gasteiger partial charge on any atom is 0.270 e. The normalized spacial score (nSPS) is 15.2. The van der Waals surface area contributed by atoms with Gasteiger partial charge in [0.05, 0.1) is 0 Å². The van der Waals surface area contributed by atoms with E-state index in [-0.39, 0.29) is 11.1 Å². The van der Waals surface area contributed by atoms with Crippen molar-refractivity contribution >= 4 is 0 Å². The van der Waals surface area contributed by atoms with Crippen molar-refractivity contribution in [3.8, 4) is 16.9 Å². The number of alkyl halides is 3. The van der Waals surface area contributed by atoms with Gasteiger partial charge in [0.15, 0.2) is 0 Å². The lowest BCUT2D eigenvalue weighted by atomic mass is 9.67. The van der Waals surface area contributed by atoms with E-state index in [2.05, 4.69) is 9.97 Å². The quantitative estimate of drug-likeness (QED) is 0.490. The number of halogens is 3. The summed E-state index contributed by atoms with van der Waals surface area (Å²) in [6, 6.07) is 11.1. The van der Waals surface area contributed by atoms with Gasteiger partial charge in [-0.3, -0.25) is 0 Å². The second-order valence-electron chi connectivity index (χ2n) is 8.92. The average Bonchev–Trinajstić information content (AvgIpc) is 2.72. The van der Waals surface area contributed by atoms with E-state index in [1.807, 2.05) is 0 Å². The first-order valence-corrected chi connectivity index (χ1v) is 10.3. The van der Waals surface area contributed by atoms with Crippen LogP contribution < -0.4 is 4.74 Å². The molecule has 3 aromatic rings. The number of ether oxygens (including phenoxy) is 1. The number of hydrogen-bond donors (Lipinski definition) is 1. The molecule has 3 rings (SSSR count). The number of rotatable bonds is 6. The highest BCUT2D eigenvalue weighted by Gasteiger charge is 2.47. The Labute approximate surface area is 186 Å². The van der Waals surface area contributed by atoms with Gasteiger partial charge in [0.25, 0.3) is 5.92 Å². The fourth-order valence-electron chi connectivity index (χ4n) is 3.79. The molecule has 7 heteroatoms. The van der Waals surface area contributed by atoms with E-state index in [0.717, 1.165) is 6.92 Å². The molecule has 2 atom stereocenters. The number of aliphatic hydroxyl groups is 1. The third-order valence-corrected chi connectivity index (χ3v) is 5.43. The summed E-state index contributed by atoms with van der Waals surface area (Å²) in [4.78, 5) is 7.96. The number of aromatic nitrogens is 2. The topological polar surface area (TPSA) is 55.2 Å². The molecule has 0 fully saturated rings. The summed E-state index contributed by atoms with van der Waals surface area (Å²) >= 11 is 0. The van der Waals surface area contributed by atoms with Crippen molar-refractivity contribution in [2.24, 2.45) is 5.41 Å². The van der Waals surface area contributed by atoms with E-state index in [0.29, 0.717) is 22.4 Å². The molecule has 1 aromatic heterocycles. The molecule has 0 saturated heterocycles. The largest absolute Gasteiger partial charge is 0.461 e. The Bertz CT molecular complexity index is 1060. The molecule has 0 radical (unpaired) electrons. The van der Waals surface area contributed by atoms with Gasteiger partial charge >= 0.3 is 0 Å². The van der Waals surface area contributed by atoms with Crippen LogP contribution >= 0.6 is 0 Å². The first-order valence-electron chi connectivity index (χ1n) is 10.3. The van der Waals surface area contributed by atoms with Crippen LogP contribution in [0, 0.1) is 5.41 Å². The molecule has 4 nitrogen and oxygen atoms in total. The SMILES string of the molecule is CC(F)Oc1ccc(-c2ccc(C(O)(c3cncnc3)C(C)(C)C)c(C(C)(F)F)c2)cc1. The monoisotopic (exact) mass is 444 g/mol. The number of hydrogen-bond acceptors (Lipinski definition) is 4. The predicted molar refractivity (Wildman–Crippen MR) is 117 cm³/mol. The van der Waals surface area contributed by atoms with Crippen LogP contribution in [0.25, 0.3) is 11.1 Å². The Morgan fingerprint density at radius 2 is 1.44 bits per heavy atom. The lowest BCUT2D eigenvalue weighted by Crippen LogP contribution is -2.43. The van der Waals surface area contributed by atoms with Crippen LogP contribution in [-0.2, 0) is 11.5 Å². The molecule has 1 heterocycles. The molecule has 0 amide bonds. The van der Waals surface area contributed by atoms with Crippen molar-refractivity contribution in [3.05, 3.63) is 77.9 Å². The molecule has 0 spiro atoms. The smallest absolute Gasteiger partial charge is 0.270 e. The molecule has 0 aliphatic heterocycles. The third kappa shape index (κ3) is 4.63. The highest BCUT2D eigenvalue weighted by atomic mass is 19.3. The molecule has 2 aromatic carbocycles. The van der Waals surface area contributed by atoms with Crippen LogP contribution in [0.4, 0.5) is 13.2 Å². The Hall–Kier alpha value is -2.93. The lowest BCUT2D eigenvalue weighted by Gasteiger charge is -2.42. The zero-order valence-electron chi connectivity index (χ0n) is 18.7. The average molecular weight is 444 g/mol. The summed E-state index contributed by atoms with van der Waals surface area (Å²) in [5.74, 6) is -2.89. The van der Waals surface area contributed by atoms with E-state index >= 15 is 0 Å². The van der Waals surface area contributed by atoms with Gasteiger partial charge < -0.3 is 9.84 Å². The van der Waals surface area contributed by atoms with Crippen LogP contribution in [0.3, 0.4) is 0 Å². The first kappa shape index (κ1) is 23.7. The highest BCUT2D eigenvalue weighted by molar-refractivity contribution is 5.67. The van der Waals surface area contributed by atoms with Gasteiger partial charge in [0.2, 0.25) is 6.36 Å². The third-order valence-electron chi connectivity index (χ3n) is 5.43. The zero-order chi connectivity index (χ0) is 23.7. The fourth-order valence-corrected chi connectivity index (χ4v) is 3.79. The summed E-state index contributed by atoms with van der Waals surface area (Å²) in [5.41, 5.74) is -1.31. The number of benzene rings is 2. The minimum atomic E-state index is -3.23. The maximum atomic E-state index is 14.8. The molecule has 1 N–H and O–H groups in total. The van der Waals surface area contributed by atoms with E-state index in [1.165, 1.54) is 37.8 Å². The van der Waals surface area contributed by atoms with Gasteiger partial charge in [0.1, 0.15) is 17.7 Å². The molecule has 0 aliphatic rings. The van der Waals surface area contributed by atoms with Crippen LogP contribution in [0.5, 0.6) is 5.75 Å². The molecule has 0 bridgehead atoms. The predicted octanol–water partition coefficient (Wildman–Crippen LogP) is 6.23. The minimum absolute atomic E-state index is 0.0854. The van der Waals surface area contributed by atoms with Crippen LogP contribution in [0.1, 0.15) is 51.3 Å². The Kier molecular flexibility index (Phi) is 6.33. The fraction of sp³-hybridized carbons (Fsp3) is 0.360. The molecule has 170 valence electrons. The van der Waals surface area contributed by atoms with E-state index in [9.17, 15) is 18.3 Å². The van der Waals surface area contributed by atoms with Crippen molar-refractivity contribution in [2.45, 2.75) is 52.5 Å². The van der Waals surface area contributed by atoms with Crippen LogP contribution in [-0.4, -0.2) is 21.4 Å². The number of nitrogens with zero attached hydrogens (tertiary/aromatic N) is 2. The van der Waals surface area contributed by atoms with Crippen molar-refractivity contribution < 1.29 is 23.0 Å². The molecular weight excluding hydrogens is 417 g/mol. The second kappa shape index (κ2) is 8.54. The molecule has 0 saturated carbocycles. The summed E-state index contributed by atoms with van der Waals surface area (Å²) in [6.45, 7) is 7.40. The van der Waals surface area contributed by atoms with Crippen molar-refractivity contribution in [1.29, 1.82) is 0 Å². The highest BCUT2D eigenvalue weighted by Crippen LogP contribution is 2.48. The van der Waals surface area contributed by atoms with Gasteiger partial charge in [-0.1, -0.05) is 45.0 Å². The summed E-state index contributed by atoms with van der Waals surface area (Å²) in [7, 11) is 0. The molecule has 2 unspecified atom stereocenters. The lowest BCUT2D eigenvalue weighted by molar-refractivity contribution is -0.0373. The molecule has 0 aliphatic carbocycles. The van der Waals surface area contributed by atoms with Gasteiger partial charge in [-0.05, 0) is 40.3 Å². The first-order chi connectivity index (χ1) is 14.8. The van der Waals surface area contributed by atoms with Gasteiger partial charge in [0, 0.05) is 37.4 Å². The zero-order valence-corrected chi connectivity index (χ0v) is 18.7. The van der Waals surface area contributed by atoms with E-state index in [4.69, 9.17) is 4.74 Å². The van der Waals surface area contributed by atoms with Crippen LogP contribution in [0.15, 0.2) is 61.2 Å². The second-order valence-corrected chi connectivity index (χ2v) is 8.92. The van der Waals surface area contributed by atoms with Crippen LogP contribution in [0.2, 0.25) is 0 Å². The van der Waals surface area contributed by atoms with Gasteiger partial charge in [-0.2, -0.15) is 0 Å². The molecular formula is C25H27F3N2O2. The van der Waals surface area contributed by atoms with Gasteiger partial charge in [-0.25, -0.2) is 23.1 Å². The summed E-state index contributed by atoms with van der Waals surface area (Å²) in [6.07, 6.45) is 2.74. The molecule has 32 heavy (non-hydrogen) atoms. The summed E-state index contributed by atoms with van der Waals surface area (Å²) < 4.78 is 47.7. The van der Waals surface area contributed by atoms with Gasteiger partial charge in [-0.15, -0.1) is 0 Å². The standard InChI is InChI=1S/C25H27F3N2O2/c1-16(26)32-20-9-6-17(7-10-20)18-8-11-21(22(12-18)24(5,27)28)25(31,23(2,3)4)19-13-29-15-30-14-19/h6-16,31H,1-5H3. The van der Waals surface area contributed by atoms with Crippen molar-refractivity contribution in [1.82, 2.24) is 9.97 Å². The van der Waals surface area contributed by atoms with E-state index in [1.54, 1.807) is 51.1 Å².